The summed E-state index contributed by atoms with van der Waals surface area (Å²) in [6.45, 7) is 5.74. The number of hydrogen-bond acceptors (Lipinski definition) is 4. The summed E-state index contributed by atoms with van der Waals surface area (Å²) in [7, 11) is 2.21. The van der Waals surface area contributed by atoms with E-state index in [0.29, 0.717) is 19.6 Å². The van der Waals surface area contributed by atoms with Crippen LogP contribution in [0.3, 0.4) is 0 Å². The van der Waals surface area contributed by atoms with Crippen LogP contribution in [0.15, 0.2) is 91.0 Å². The van der Waals surface area contributed by atoms with E-state index in [1.54, 1.807) is 0 Å². The van der Waals surface area contributed by atoms with Gasteiger partial charge in [0.25, 0.3) is 0 Å². The number of carboxylic acids is 1. The van der Waals surface area contributed by atoms with E-state index in [9.17, 15) is 9.90 Å². The summed E-state index contributed by atoms with van der Waals surface area (Å²) >= 11 is 0. The summed E-state index contributed by atoms with van der Waals surface area (Å²) in [4.78, 5) is 13.9. The molecule has 2 unspecified atom stereocenters. The van der Waals surface area contributed by atoms with Crippen molar-refractivity contribution in [1.29, 1.82) is 0 Å². The van der Waals surface area contributed by atoms with Gasteiger partial charge in [0.1, 0.15) is 12.4 Å². The molecule has 0 aromatic heterocycles. The maximum atomic E-state index is 11.5. The summed E-state index contributed by atoms with van der Waals surface area (Å²) in [6, 6.07) is 32.9. The molecule has 0 bridgehead atoms. The minimum atomic E-state index is -0.938. The number of nitrogens with zero attached hydrogens (tertiary/aromatic N) is 1. The van der Waals surface area contributed by atoms with Gasteiger partial charge in [-0.3, -0.25) is 4.90 Å². The van der Waals surface area contributed by atoms with Gasteiger partial charge in [0, 0.05) is 19.6 Å². The Hall–Kier alpha value is -3.93. The normalized spacial score (nSPS) is 14.8. The summed E-state index contributed by atoms with van der Waals surface area (Å²) in [6.07, 6.45) is 5.92. The zero-order valence-corrected chi connectivity index (χ0v) is 27.0. The van der Waals surface area contributed by atoms with Gasteiger partial charge < -0.3 is 14.6 Å². The van der Waals surface area contributed by atoms with E-state index < -0.39 is 12.1 Å². The topological polar surface area (TPSA) is 59.0 Å². The number of ether oxygens (including phenoxy) is 2. The van der Waals surface area contributed by atoms with E-state index in [1.807, 2.05) is 31.2 Å². The molecule has 4 aromatic rings. The number of hydrogen-bond donors (Lipinski definition) is 1. The molecular weight excluding hydrogens is 558 g/mol. The van der Waals surface area contributed by atoms with E-state index in [1.165, 1.54) is 38.9 Å². The van der Waals surface area contributed by atoms with Crippen LogP contribution in [0, 0.1) is 0 Å². The lowest BCUT2D eigenvalue weighted by atomic mass is 9.90. The first-order chi connectivity index (χ1) is 21.9. The highest BCUT2D eigenvalue weighted by Crippen LogP contribution is 2.37. The fourth-order valence-corrected chi connectivity index (χ4v) is 6.50. The first kappa shape index (κ1) is 32.5. The van der Waals surface area contributed by atoms with Gasteiger partial charge in [0.2, 0.25) is 0 Å². The smallest absolute Gasteiger partial charge is 0.333 e. The summed E-state index contributed by atoms with van der Waals surface area (Å²) in [5.74, 6) is -0.156. The highest BCUT2D eigenvalue weighted by Gasteiger charge is 2.27. The number of carbonyl (C=O) groups is 1. The van der Waals surface area contributed by atoms with Crippen LogP contribution in [-0.2, 0) is 48.1 Å². The number of likely N-dealkylation sites (N-methyl/N-ethyl adjacent to an activating group) is 1. The zero-order chi connectivity index (χ0) is 31.6. The second-order valence-electron chi connectivity index (χ2n) is 12.2. The molecule has 5 rings (SSSR count). The average molecular weight is 606 g/mol. The third kappa shape index (κ3) is 8.62. The molecule has 0 saturated heterocycles. The Labute approximate surface area is 268 Å². The molecule has 0 amide bonds. The maximum absolute atomic E-state index is 11.5. The van der Waals surface area contributed by atoms with Crippen LogP contribution in [-0.4, -0.2) is 48.9 Å². The fourth-order valence-electron chi connectivity index (χ4n) is 6.50. The third-order valence-electron chi connectivity index (χ3n) is 8.90. The van der Waals surface area contributed by atoms with Crippen LogP contribution < -0.4 is 4.74 Å². The molecule has 236 valence electrons. The van der Waals surface area contributed by atoms with Crippen molar-refractivity contribution < 1.29 is 19.4 Å². The molecule has 4 aromatic carbocycles. The van der Waals surface area contributed by atoms with Crippen LogP contribution in [0.4, 0.5) is 0 Å². The average Bonchev–Trinajstić information content (AvgIpc) is 3.21. The highest BCUT2D eigenvalue weighted by atomic mass is 16.5. The van der Waals surface area contributed by atoms with Gasteiger partial charge in [0.15, 0.2) is 6.10 Å². The van der Waals surface area contributed by atoms with Crippen molar-refractivity contribution in [2.45, 2.75) is 70.9 Å². The Bertz CT molecular complexity index is 1530. The minimum absolute atomic E-state index is 0.155. The van der Waals surface area contributed by atoms with Crippen molar-refractivity contribution in [3.63, 3.8) is 0 Å². The van der Waals surface area contributed by atoms with Crippen molar-refractivity contribution >= 4 is 5.97 Å². The highest BCUT2D eigenvalue weighted by molar-refractivity contribution is 5.72. The van der Waals surface area contributed by atoms with E-state index in [-0.39, 0.29) is 6.04 Å². The number of aryl methyl sites for hydroxylation is 5. The van der Waals surface area contributed by atoms with Gasteiger partial charge in [-0.05, 0) is 103 Å². The van der Waals surface area contributed by atoms with Crippen LogP contribution in [0.5, 0.6) is 5.75 Å². The molecule has 0 aliphatic heterocycles. The van der Waals surface area contributed by atoms with Crippen LogP contribution in [0.25, 0.3) is 0 Å². The summed E-state index contributed by atoms with van der Waals surface area (Å²) in [5, 5.41) is 9.41. The van der Waals surface area contributed by atoms with E-state index in [2.05, 4.69) is 85.6 Å². The van der Waals surface area contributed by atoms with Crippen molar-refractivity contribution in [3.05, 3.63) is 136 Å². The molecule has 1 N–H and O–H groups in total. The number of rotatable bonds is 15. The Balaban J connectivity index is 1.32. The Morgan fingerprint density at radius 1 is 0.800 bits per heavy atom. The minimum Gasteiger partial charge on any atom is -0.492 e. The molecule has 0 radical (unpaired) electrons. The molecular formula is C40H47NO4. The van der Waals surface area contributed by atoms with E-state index >= 15 is 0 Å². The number of fused-ring (bicyclic) bond motifs is 2. The van der Waals surface area contributed by atoms with Gasteiger partial charge in [-0.15, -0.1) is 0 Å². The first-order valence-corrected chi connectivity index (χ1v) is 16.5. The first-order valence-electron chi connectivity index (χ1n) is 16.5. The molecule has 0 heterocycles. The molecule has 0 saturated carbocycles. The second-order valence-corrected chi connectivity index (χ2v) is 12.2. The van der Waals surface area contributed by atoms with Gasteiger partial charge in [-0.1, -0.05) is 92.2 Å². The SMILES string of the molecule is CCCc1ccc2c(c1)CCc1ccc(CCc3ccccc3)cc1C2N(C)CCOc1ccc(CC(OCC)C(=O)O)cc1. The number of aliphatic carboxylic acids is 1. The summed E-state index contributed by atoms with van der Waals surface area (Å²) < 4.78 is 11.6. The van der Waals surface area contributed by atoms with Crippen molar-refractivity contribution in [2.75, 3.05) is 26.8 Å². The second kappa shape index (κ2) is 15.9. The van der Waals surface area contributed by atoms with Crippen molar-refractivity contribution in [3.8, 4) is 5.75 Å². The molecule has 45 heavy (non-hydrogen) atoms. The van der Waals surface area contributed by atoms with Crippen LogP contribution >= 0.6 is 0 Å². The standard InChI is InChI=1S/C40H47NO4/c1-4-9-30-17-23-36-34(26-30)20-19-33-18-14-31(13-12-29-10-7-6-8-11-29)27-37(33)39(36)41(3)24-25-45-35-21-15-32(16-22-35)28-38(40(42)43)44-5-2/h6-8,10-11,14-18,21-23,26-27,38-39H,4-5,9,12-13,19-20,24-25,28H2,1-3H3,(H,42,43). The predicted molar refractivity (Wildman–Crippen MR) is 181 cm³/mol. The van der Waals surface area contributed by atoms with Gasteiger partial charge in [-0.2, -0.15) is 0 Å². The van der Waals surface area contributed by atoms with Crippen molar-refractivity contribution in [1.82, 2.24) is 4.90 Å². The quantitative estimate of drug-likeness (QED) is 0.151. The van der Waals surface area contributed by atoms with Gasteiger partial charge in [0.05, 0.1) is 6.04 Å². The van der Waals surface area contributed by atoms with Crippen LogP contribution in [0.1, 0.15) is 70.8 Å². The third-order valence-corrected chi connectivity index (χ3v) is 8.90. The van der Waals surface area contributed by atoms with Crippen LogP contribution in [0.2, 0.25) is 0 Å². The molecule has 0 spiro atoms. The summed E-state index contributed by atoms with van der Waals surface area (Å²) in [5.41, 5.74) is 10.8. The monoisotopic (exact) mass is 605 g/mol. The van der Waals surface area contributed by atoms with Gasteiger partial charge in [-0.25, -0.2) is 4.79 Å². The Morgan fingerprint density at radius 3 is 2.22 bits per heavy atom. The number of benzene rings is 4. The molecule has 1 aliphatic carbocycles. The molecule has 0 fully saturated rings. The molecule has 2 atom stereocenters. The largest absolute Gasteiger partial charge is 0.492 e. The molecule has 1 aliphatic rings. The number of carboxylic acid groups (broad SMARTS) is 1. The lowest BCUT2D eigenvalue weighted by Crippen LogP contribution is -2.30. The van der Waals surface area contributed by atoms with Crippen molar-refractivity contribution in [2.24, 2.45) is 0 Å². The lowest BCUT2D eigenvalue weighted by molar-refractivity contribution is -0.149. The maximum Gasteiger partial charge on any atom is 0.333 e. The van der Waals surface area contributed by atoms with E-state index in [0.717, 1.165) is 56.4 Å². The Morgan fingerprint density at radius 2 is 1.49 bits per heavy atom. The molecule has 5 nitrogen and oxygen atoms in total. The Kier molecular flexibility index (Phi) is 11.5. The predicted octanol–water partition coefficient (Wildman–Crippen LogP) is 7.66. The fraction of sp³-hybridized carbons (Fsp3) is 0.375. The van der Waals surface area contributed by atoms with Gasteiger partial charge >= 0.3 is 5.97 Å². The zero-order valence-electron chi connectivity index (χ0n) is 27.0. The van der Waals surface area contributed by atoms with E-state index in [4.69, 9.17) is 9.47 Å². The lowest BCUT2D eigenvalue weighted by Gasteiger charge is -2.31. The molecule has 5 heteroatoms.